The van der Waals surface area contributed by atoms with Crippen molar-refractivity contribution in [2.24, 2.45) is 0 Å². The second-order valence-electron chi connectivity index (χ2n) is 35.7. The summed E-state index contributed by atoms with van der Waals surface area (Å²) in [5.74, 6) is -16.6. The van der Waals surface area contributed by atoms with Gasteiger partial charge in [0.15, 0.2) is 46.5 Å². The second kappa shape index (κ2) is 66.6. The summed E-state index contributed by atoms with van der Waals surface area (Å²) in [5.41, 5.74) is -5.11. The van der Waals surface area contributed by atoms with E-state index >= 15 is 35.1 Å². The molecule has 0 radical (unpaired) electrons. The van der Waals surface area contributed by atoms with Crippen LogP contribution in [0.1, 0.15) is 408 Å². The third-order valence-electron chi connectivity index (χ3n) is 25.5. The van der Waals surface area contributed by atoms with Crippen LogP contribution in [0.5, 0.6) is 0 Å². The van der Waals surface area contributed by atoms with Crippen molar-refractivity contribution >= 4 is 67.5 Å². The Kier molecular flexibility index (Phi) is 55.9. The van der Waals surface area contributed by atoms with Crippen LogP contribution in [0.4, 0.5) is 46.5 Å². The summed E-state index contributed by atoms with van der Waals surface area (Å²) < 4.78 is 137. The smallest absolute Gasteiger partial charge is 0.171 e. The zero-order valence-corrected chi connectivity index (χ0v) is 81.3. The molecule has 2 heterocycles. The quantitative estimate of drug-likeness (QED) is 0.0153. The molecule has 0 amide bonds. The normalized spacial score (nSPS) is 11.0. The Balaban J connectivity index is 1.43. The van der Waals surface area contributed by atoms with Gasteiger partial charge in [-0.3, -0.25) is 0 Å². The van der Waals surface area contributed by atoms with E-state index in [0.717, 1.165) is 137 Å². The highest BCUT2D eigenvalue weighted by Crippen LogP contribution is 2.45. The van der Waals surface area contributed by atoms with Crippen LogP contribution in [0.3, 0.4) is 0 Å². The SMILES string of the molecule is CCCCCCCCCCCCCCCCN(CCCCCCCCCCCCCCCC)c1ccc(C(C(=C(C#N)C#N)c2ccc(-c3ccc(C(=C(C#N)C#N)C(c4ccc(N(CCCCCCCCCCCCCCCC)CCCCCCCCCCCCCCCC)cc4)=c4c(F)c(F)c(=C(C#N)C#N)c(F)c4F)s3)s2)=c2c(F)c(F)c(=C(C#N)C#N)c(F)c2F)cc1. The third kappa shape index (κ3) is 36.5. The van der Waals surface area contributed by atoms with Crippen molar-refractivity contribution in [1.82, 2.24) is 0 Å². The fourth-order valence-electron chi connectivity index (χ4n) is 17.9. The molecule has 0 fully saturated rings. The number of thiophene rings is 2. The minimum atomic E-state index is -2.09. The molecule has 710 valence electrons. The fourth-order valence-corrected chi connectivity index (χ4v) is 20.1. The Morgan fingerprint density at radius 2 is 0.409 bits per heavy atom. The topological polar surface area (TPSA) is 197 Å². The molecule has 0 spiro atoms. The first-order chi connectivity index (χ1) is 64.5. The zero-order valence-electron chi connectivity index (χ0n) is 79.7. The van der Waals surface area contributed by atoms with Crippen molar-refractivity contribution in [2.75, 3.05) is 36.0 Å². The molecule has 6 rings (SSSR count). The van der Waals surface area contributed by atoms with E-state index in [9.17, 15) is 42.1 Å². The molecule has 20 heteroatoms. The van der Waals surface area contributed by atoms with Crippen molar-refractivity contribution in [3.05, 3.63) is 172 Å². The van der Waals surface area contributed by atoms with Crippen molar-refractivity contribution in [3.63, 3.8) is 0 Å². The maximum absolute atomic E-state index is 17.5. The molecule has 132 heavy (non-hydrogen) atoms. The number of benzene rings is 4. The third-order valence-corrected chi connectivity index (χ3v) is 27.9. The van der Waals surface area contributed by atoms with Crippen LogP contribution in [-0.2, 0) is 0 Å². The largest absolute Gasteiger partial charge is 0.372 e. The van der Waals surface area contributed by atoms with Crippen LogP contribution in [0.2, 0.25) is 0 Å². The molecular formula is C112H144F8N10S2. The number of nitriles is 8. The summed E-state index contributed by atoms with van der Waals surface area (Å²) in [4.78, 5) is 4.85. The van der Waals surface area contributed by atoms with Gasteiger partial charge < -0.3 is 9.80 Å². The van der Waals surface area contributed by atoms with E-state index in [0.29, 0.717) is 26.2 Å². The fraction of sp³-hybridized carbons (Fsp3) is 0.571. The van der Waals surface area contributed by atoms with Gasteiger partial charge in [-0.25, -0.2) is 35.1 Å². The van der Waals surface area contributed by atoms with Crippen molar-refractivity contribution in [3.8, 4) is 58.3 Å². The van der Waals surface area contributed by atoms with Gasteiger partial charge in [0.1, 0.15) is 70.8 Å². The minimum absolute atomic E-state index is 0.0685. The van der Waals surface area contributed by atoms with Crippen molar-refractivity contribution < 1.29 is 35.1 Å². The van der Waals surface area contributed by atoms with Gasteiger partial charge in [0.2, 0.25) is 0 Å². The predicted octanol–water partition coefficient (Wildman–Crippen LogP) is 31.9. The molecule has 0 aliphatic heterocycles. The first-order valence-electron chi connectivity index (χ1n) is 50.4. The number of halogens is 8. The second-order valence-corrected chi connectivity index (χ2v) is 37.9. The molecule has 0 N–H and O–H groups in total. The standard InChI is InChI=1S/C112H144F8N10S2/c1-5-9-13-17-21-25-29-33-37-41-45-49-53-57-73-129(74-58-54-50-46-42-38-34-30-26-22-18-14-10-6-2)91-65-61-85(62-66-91)99(103-109(117)105(113)101(89(81-125)82-126)106(114)110(103)118)97(87(77-121)78-122)95-71-69-93(131-95)94-70-72-96(132-94)98(88(79-123)80-124)100(104-111(119)107(115)102(90(83-127)84-128)108(116)112(104)120)86-63-67-92(68-64-86)130(75-59-55-51-47-43-39-35-31-27-23-19-15-11-7-3)76-60-56-52-48-44-40-36-32-28-24-20-16-12-8-4/h61-72H,5-60,73-76H2,1-4H3. The van der Waals surface area contributed by atoms with E-state index in [-0.39, 0.29) is 30.6 Å². The van der Waals surface area contributed by atoms with E-state index in [2.05, 4.69) is 37.5 Å². The maximum Gasteiger partial charge on any atom is 0.171 e. The van der Waals surface area contributed by atoms with Gasteiger partial charge in [0.25, 0.3) is 0 Å². The van der Waals surface area contributed by atoms with Gasteiger partial charge in [-0.15, -0.1) is 22.7 Å². The minimum Gasteiger partial charge on any atom is -0.372 e. The van der Waals surface area contributed by atoms with Crippen molar-refractivity contribution in [2.45, 2.75) is 387 Å². The van der Waals surface area contributed by atoms with Crippen LogP contribution in [-0.4, -0.2) is 26.2 Å². The van der Waals surface area contributed by atoms with E-state index in [1.165, 1.54) is 330 Å². The molecule has 6 aromatic rings. The molecule has 0 aliphatic rings. The number of hydrogen-bond acceptors (Lipinski definition) is 12. The van der Waals surface area contributed by atoms with Crippen LogP contribution in [0, 0.1) is 137 Å². The van der Waals surface area contributed by atoms with Gasteiger partial charge in [0.05, 0.1) is 20.9 Å². The average Bonchev–Trinajstić information content (AvgIpc) is 1.01. The van der Waals surface area contributed by atoms with Crippen LogP contribution < -0.4 is 30.7 Å². The number of rotatable bonds is 69. The molecule has 0 saturated heterocycles. The molecule has 0 aliphatic carbocycles. The van der Waals surface area contributed by atoms with E-state index < -0.39 is 112 Å². The Morgan fingerprint density at radius 3 is 0.591 bits per heavy atom. The maximum atomic E-state index is 17.5. The van der Waals surface area contributed by atoms with Gasteiger partial charge in [-0.05, 0) is 85.3 Å². The van der Waals surface area contributed by atoms with E-state index in [4.69, 9.17) is 0 Å². The van der Waals surface area contributed by atoms with E-state index in [1.54, 1.807) is 24.3 Å². The van der Waals surface area contributed by atoms with E-state index in [1.807, 2.05) is 24.3 Å². The lowest BCUT2D eigenvalue weighted by molar-refractivity contribution is 0.434. The summed E-state index contributed by atoms with van der Waals surface area (Å²) in [6, 6.07) is 31.1. The Morgan fingerprint density at radius 1 is 0.227 bits per heavy atom. The number of unbranched alkanes of at least 4 members (excludes halogenated alkanes) is 52. The molecule has 0 atom stereocenters. The number of anilines is 2. The monoisotopic (exact) mass is 1850 g/mol. The van der Waals surface area contributed by atoms with Gasteiger partial charge in [-0.2, -0.15) is 42.1 Å². The Hall–Kier alpha value is -9.80. The molecule has 0 bridgehead atoms. The van der Waals surface area contributed by atoms with Crippen LogP contribution in [0.25, 0.3) is 43.2 Å². The molecule has 0 unspecified atom stereocenters. The molecular weight excluding hydrogens is 1700 g/mol. The van der Waals surface area contributed by atoms with Gasteiger partial charge in [0, 0.05) is 79.4 Å². The zero-order chi connectivity index (χ0) is 95.3. The molecule has 0 saturated carbocycles. The molecule has 4 aromatic carbocycles. The Labute approximate surface area is 793 Å². The highest BCUT2D eigenvalue weighted by Gasteiger charge is 2.31. The summed E-state index contributed by atoms with van der Waals surface area (Å²) in [7, 11) is 0. The highest BCUT2D eigenvalue weighted by atomic mass is 32.1. The first-order valence-corrected chi connectivity index (χ1v) is 52.0. The Bertz CT molecular complexity index is 4660. The lowest BCUT2D eigenvalue weighted by Crippen LogP contribution is -2.32. The van der Waals surface area contributed by atoms with Gasteiger partial charge >= 0.3 is 0 Å². The lowest BCUT2D eigenvalue weighted by Gasteiger charge is -2.26. The summed E-state index contributed by atoms with van der Waals surface area (Å²) in [6.45, 7) is 11.6. The average molecular weight is 1850 g/mol. The van der Waals surface area contributed by atoms with Crippen LogP contribution in [0.15, 0.2) is 83.9 Å². The summed E-state index contributed by atoms with van der Waals surface area (Å²) in [6.07, 6.45) is 66.4. The first kappa shape index (κ1) is 111. The molecule has 10 nitrogen and oxygen atoms in total. The summed E-state index contributed by atoms with van der Waals surface area (Å²) >= 11 is 1.65. The molecule has 2 aromatic heterocycles. The lowest BCUT2D eigenvalue weighted by atomic mass is 9.90. The van der Waals surface area contributed by atoms with Crippen LogP contribution >= 0.6 is 22.7 Å². The number of hydrogen-bond donors (Lipinski definition) is 0. The highest BCUT2D eigenvalue weighted by molar-refractivity contribution is 7.23. The number of allylic oxidation sites excluding steroid dienone is 4. The number of nitrogens with zero attached hydrogens (tertiary/aromatic N) is 10. The van der Waals surface area contributed by atoms with Gasteiger partial charge in [-0.1, -0.05) is 386 Å². The predicted molar refractivity (Wildman–Crippen MR) is 528 cm³/mol. The summed E-state index contributed by atoms with van der Waals surface area (Å²) in [5, 5.41) is 77.3. The van der Waals surface area contributed by atoms with Crippen molar-refractivity contribution in [1.29, 1.82) is 42.1 Å².